The van der Waals surface area contributed by atoms with E-state index < -0.39 is 5.92 Å². The minimum Gasteiger partial charge on any atom is -0.493 e. The van der Waals surface area contributed by atoms with Crippen LogP contribution in [0.5, 0.6) is 11.5 Å². The molecular weight excluding hydrogens is 539 g/mol. The number of halogens is 2. The lowest BCUT2D eigenvalue weighted by Crippen LogP contribution is -2.39. The highest BCUT2D eigenvalue weighted by atomic mass is 35.5. The smallest absolute Gasteiger partial charge is 0.262 e. The molecule has 204 valence electrons. The summed E-state index contributed by atoms with van der Waals surface area (Å²) >= 11 is 12.6. The fourth-order valence-corrected chi connectivity index (χ4v) is 6.25. The Labute approximate surface area is 237 Å². The summed E-state index contributed by atoms with van der Waals surface area (Å²) in [6, 6.07) is 10.2. The van der Waals surface area contributed by atoms with E-state index in [0.29, 0.717) is 52.6 Å². The molecule has 0 atom stereocenters. The Hall–Kier alpha value is -3.29. The van der Waals surface area contributed by atoms with Gasteiger partial charge in [0.05, 0.1) is 12.1 Å². The standard InChI is InChI=1S/C30H30Cl2N2O5/c1-3-34-21-6-4-8-23(35)28(21)27(29-22(34)7-5-9-24(29)36)17-14-20(32)30(25(15-17)38-2)39-16-26(37)33-19-12-10-18(31)11-13-19/h10-15,27H,3-9,16H2,1-2H3,(H,33,37). The molecule has 0 spiro atoms. The molecule has 5 rings (SSSR count). The first kappa shape index (κ1) is 27.3. The van der Waals surface area contributed by atoms with Gasteiger partial charge < -0.3 is 19.7 Å². The number of nitrogens with one attached hydrogen (secondary N) is 1. The highest BCUT2D eigenvalue weighted by molar-refractivity contribution is 6.32. The van der Waals surface area contributed by atoms with Crippen molar-refractivity contribution in [3.8, 4) is 11.5 Å². The molecule has 0 radical (unpaired) electrons. The molecule has 1 amide bonds. The molecule has 0 unspecified atom stereocenters. The van der Waals surface area contributed by atoms with E-state index in [1.165, 1.54) is 7.11 Å². The average molecular weight is 569 g/mol. The van der Waals surface area contributed by atoms with E-state index in [2.05, 4.69) is 17.1 Å². The zero-order valence-electron chi connectivity index (χ0n) is 21.9. The molecule has 7 nitrogen and oxygen atoms in total. The normalized spacial score (nSPS) is 17.7. The lowest BCUT2D eigenvalue weighted by molar-refractivity contribution is -0.118. The fourth-order valence-electron chi connectivity index (χ4n) is 5.85. The van der Waals surface area contributed by atoms with Crippen molar-refractivity contribution in [2.24, 2.45) is 0 Å². The third-order valence-electron chi connectivity index (χ3n) is 7.46. The molecule has 2 aromatic rings. The van der Waals surface area contributed by atoms with Gasteiger partial charge in [0.15, 0.2) is 29.7 Å². The highest BCUT2D eigenvalue weighted by Crippen LogP contribution is 2.51. The lowest BCUT2D eigenvalue weighted by atomic mass is 9.71. The van der Waals surface area contributed by atoms with Crippen LogP contribution in [0.2, 0.25) is 10.0 Å². The Morgan fingerprint density at radius 1 is 0.974 bits per heavy atom. The Kier molecular flexibility index (Phi) is 8.01. The minimum absolute atomic E-state index is 0.0684. The largest absolute Gasteiger partial charge is 0.493 e. The molecular formula is C30H30Cl2N2O5. The van der Waals surface area contributed by atoms with Gasteiger partial charge in [0.25, 0.3) is 5.91 Å². The van der Waals surface area contributed by atoms with Gasteiger partial charge in [0, 0.05) is 58.6 Å². The number of hydrogen-bond donors (Lipinski definition) is 1. The number of Topliss-reactive ketones (excluding diaryl/α,β-unsaturated/α-hetero) is 2. The summed E-state index contributed by atoms with van der Waals surface area (Å²) in [7, 11) is 1.49. The summed E-state index contributed by atoms with van der Waals surface area (Å²) < 4.78 is 11.4. The van der Waals surface area contributed by atoms with E-state index in [9.17, 15) is 14.4 Å². The number of anilines is 1. The molecule has 1 heterocycles. The van der Waals surface area contributed by atoms with Gasteiger partial charge in [0.2, 0.25) is 0 Å². The second-order valence-electron chi connectivity index (χ2n) is 9.83. The van der Waals surface area contributed by atoms with Gasteiger partial charge in [-0.05, 0) is 74.6 Å². The summed E-state index contributed by atoms with van der Waals surface area (Å²) in [5.41, 5.74) is 4.69. The number of methoxy groups -OCH3 is 1. The summed E-state index contributed by atoms with van der Waals surface area (Å²) in [5.74, 6) is -0.208. The number of carbonyl (C=O) groups excluding carboxylic acids is 3. The van der Waals surface area contributed by atoms with E-state index in [-0.39, 0.29) is 34.9 Å². The number of hydrogen-bond acceptors (Lipinski definition) is 6. The Balaban J connectivity index is 1.48. The maximum atomic E-state index is 13.3. The van der Waals surface area contributed by atoms with Crippen LogP contribution < -0.4 is 14.8 Å². The first-order chi connectivity index (χ1) is 18.8. The second kappa shape index (κ2) is 11.4. The van der Waals surface area contributed by atoms with Crippen LogP contribution in [0.3, 0.4) is 0 Å². The number of ether oxygens (including phenoxy) is 2. The first-order valence-electron chi connectivity index (χ1n) is 13.2. The van der Waals surface area contributed by atoms with Gasteiger partial charge in [-0.3, -0.25) is 14.4 Å². The molecule has 0 fully saturated rings. The minimum atomic E-state index is -0.507. The van der Waals surface area contributed by atoms with Crippen molar-refractivity contribution in [1.29, 1.82) is 0 Å². The number of ketones is 2. The van der Waals surface area contributed by atoms with Crippen molar-refractivity contribution in [3.63, 3.8) is 0 Å². The third-order valence-corrected chi connectivity index (χ3v) is 8.00. The monoisotopic (exact) mass is 568 g/mol. The van der Waals surface area contributed by atoms with Crippen LogP contribution >= 0.6 is 23.2 Å². The van der Waals surface area contributed by atoms with Crippen LogP contribution in [-0.4, -0.2) is 42.6 Å². The Morgan fingerprint density at radius 2 is 1.59 bits per heavy atom. The van der Waals surface area contributed by atoms with Crippen molar-refractivity contribution in [2.45, 2.75) is 51.4 Å². The predicted molar refractivity (Wildman–Crippen MR) is 150 cm³/mol. The summed E-state index contributed by atoms with van der Waals surface area (Å²) in [6.45, 7) is 2.47. The van der Waals surface area contributed by atoms with Crippen molar-refractivity contribution in [1.82, 2.24) is 4.90 Å². The fraction of sp³-hybridized carbons (Fsp3) is 0.367. The van der Waals surface area contributed by atoms with Gasteiger partial charge in [0.1, 0.15) is 0 Å². The van der Waals surface area contributed by atoms with Gasteiger partial charge in [-0.15, -0.1) is 0 Å². The molecule has 39 heavy (non-hydrogen) atoms. The van der Waals surface area contributed by atoms with E-state index in [1.54, 1.807) is 36.4 Å². The quantitative estimate of drug-likeness (QED) is 0.413. The SMILES string of the molecule is CCN1C2=C(C(=O)CCC2)C(c2cc(Cl)c(OCC(=O)Nc3ccc(Cl)cc3)c(OC)c2)C2=C1CCCC2=O. The zero-order chi connectivity index (χ0) is 27.7. The molecule has 3 aliphatic rings. The number of amides is 1. The zero-order valence-corrected chi connectivity index (χ0v) is 23.5. The van der Waals surface area contributed by atoms with Crippen LogP contribution in [-0.2, 0) is 14.4 Å². The lowest BCUT2D eigenvalue weighted by Gasteiger charge is -2.43. The van der Waals surface area contributed by atoms with Crippen molar-refractivity contribution < 1.29 is 23.9 Å². The van der Waals surface area contributed by atoms with Crippen LogP contribution in [0.15, 0.2) is 58.9 Å². The first-order valence-corrected chi connectivity index (χ1v) is 13.9. The molecule has 2 aliphatic carbocycles. The van der Waals surface area contributed by atoms with Crippen molar-refractivity contribution >= 4 is 46.4 Å². The molecule has 2 aromatic carbocycles. The van der Waals surface area contributed by atoms with Crippen molar-refractivity contribution in [3.05, 3.63) is 74.5 Å². The maximum Gasteiger partial charge on any atom is 0.262 e. The predicted octanol–water partition coefficient (Wildman–Crippen LogP) is 6.45. The summed E-state index contributed by atoms with van der Waals surface area (Å²) in [4.78, 5) is 41.4. The van der Waals surface area contributed by atoms with E-state index in [1.807, 2.05) is 0 Å². The maximum absolute atomic E-state index is 13.3. The second-order valence-corrected chi connectivity index (χ2v) is 10.7. The Morgan fingerprint density at radius 3 is 2.15 bits per heavy atom. The molecule has 0 saturated carbocycles. The van der Waals surface area contributed by atoms with Gasteiger partial charge in [-0.2, -0.15) is 0 Å². The number of carbonyl (C=O) groups is 3. The van der Waals surface area contributed by atoms with E-state index >= 15 is 0 Å². The van der Waals surface area contributed by atoms with Crippen LogP contribution in [0.25, 0.3) is 0 Å². The van der Waals surface area contributed by atoms with Crippen LogP contribution in [0, 0.1) is 0 Å². The van der Waals surface area contributed by atoms with E-state index in [0.717, 1.165) is 37.1 Å². The van der Waals surface area contributed by atoms with Gasteiger partial charge in [-0.1, -0.05) is 23.2 Å². The summed E-state index contributed by atoms with van der Waals surface area (Å²) in [5, 5.41) is 3.54. The van der Waals surface area contributed by atoms with Gasteiger partial charge in [-0.25, -0.2) is 0 Å². The average Bonchev–Trinajstić information content (AvgIpc) is 2.92. The highest BCUT2D eigenvalue weighted by Gasteiger charge is 2.43. The Bertz CT molecular complexity index is 1350. The van der Waals surface area contributed by atoms with Crippen LogP contribution in [0.1, 0.15) is 56.9 Å². The summed E-state index contributed by atoms with van der Waals surface area (Å²) in [6.07, 6.45) is 4.10. The molecule has 0 saturated heterocycles. The van der Waals surface area contributed by atoms with Crippen molar-refractivity contribution in [2.75, 3.05) is 25.6 Å². The number of nitrogens with zero attached hydrogens (tertiary/aromatic N) is 1. The molecule has 0 bridgehead atoms. The number of benzene rings is 2. The number of rotatable bonds is 7. The molecule has 1 aliphatic heterocycles. The van der Waals surface area contributed by atoms with E-state index in [4.69, 9.17) is 32.7 Å². The third kappa shape index (κ3) is 5.30. The van der Waals surface area contributed by atoms with Crippen LogP contribution in [0.4, 0.5) is 5.69 Å². The van der Waals surface area contributed by atoms with Gasteiger partial charge >= 0.3 is 0 Å². The molecule has 1 N–H and O–H groups in total. The molecule has 9 heteroatoms. The topological polar surface area (TPSA) is 84.9 Å². The molecule has 0 aromatic heterocycles. The number of allylic oxidation sites excluding steroid dienone is 4.